The first-order valence-corrected chi connectivity index (χ1v) is 9.29. The number of rotatable bonds is 5. The Morgan fingerprint density at radius 1 is 1.15 bits per heavy atom. The van der Waals surface area contributed by atoms with Crippen LogP contribution in [0.1, 0.15) is 6.92 Å². The number of amides is 1. The van der Waals surface area contributed by atoms with Gasteiger partial charge in [0.05, 0.1) is 10.9 Å². The third-order valence-electron chi connectivity index (χ3n) is 3.90. The molecule has 1 aliphatic rings. The fourth-order valence-electron chi connectivity index (χ4n) is 2.56. The maximum absolute atomic E-state index is 12.6. The van der Waals surface area contributed by atoms with Gasteiger partial charge in [-0.25, -0.2) is 0 Å². The Hall–Kier alpha value is -3.07. The van der Waals surface area contributed by atoms with Crippen molar-refractivity contribution in [1.82, 2.24) is 20.2 Å². The molecule has 0 radical (unpaired) electrons. The highest BCUT2D eigenvalue weighted by molar-refractivity contribution is 8.00. The number of thioether (sulfide) groups is 1. The van der Waals surface area contributed by atoms with Crippen LogP contribution in [0.2, 0.25) is 0 Å². The van der Waals surface area contributed by atoms with Crippen LogP contribution in [0, 0.1) is 0 Å². The van der Waals surface area contributed by atoms with Crippen LogP contribution >= 0.6 is 11.8 Å². The summed E-state index contributed by atoms with van der Waals surface area (Å²) >= 11 is 1.29. The van der Waals surface area contributed by atoms with E-state index < -0.39 is 5.25 Å². The summed E-state index contributed by atoms with van der Waals surface area (Å²) in [5.74, 6) is 1.16. The van der Waals surface area contributed by atoms with E-state index in [2.05, 4.69) is 20.8 Å². The van der Waals surface area contributed by atoms with Gasteiger partial charge in [-0.2, -0.15) is 4.68 Å². The van der Waals surface area contributed by atoms with Crippen LogP contribution in [0.4, 0.5) is 5.69 Å². The molecule has 0 bridgehead atoms. The molecule has 8 nitrogen and oxygen atoms in total. The molecule has 1 N–H and O–H groups in total. The molecule has 0 saturated heterocycles. The minimum atomic E-state index is -0.397. The molecule has 2 aromatic carbocycles. The van der Waals surface area contributed by atoms with Crippen molar-refractivity contribution < 1.29 is 14.3 Å². The number of hydrogen-bond donors (Lipinski definition) is 1. The average molecular weight is 383 g/mol. The van der Waals surface area contributed by atoms with Gasteiger partial charge < -0.3 is 14.8 Å². The van der Waals surface area contributed by atoms with Crippen molar-refractivity contribution in [1.29, 1.82) is 0 Å². The highest BCUT2D eigenvalue weighted by Crippen LogP contribution is 2.33. The fraction of sp³-hybridized carbons (Fsp3) is 0.222. The molecule has 138 valence electrons. The molecule has 1 aromatic heterocycles. The Morgan fingerprint density at radius 2 is 1.93 bits per heavy atom. The van der Waals surface area contributed by atoms with Crippen molar-refractivity contribution in [2.75, 3.05) is 18.5 Å². The zero-order valence-electron chi connectivity index (χ0n) is 14.5. The molecular weight excluding hydrogens is 366 g/mol. The van der Waals surface area contributed by atoms with Gasteiger partial charge in [-0.3, -0.25) is 4.79 Å². The standard InChI is InChI=1S/C18H17N5O3S/c1-12(27-18-20-21-22-23(18)14-5-3-2-4-6-14)17(24)19-13-7-8-15-16(11-13)26-10-9-25-15/h2-8,11-12H,9-10H2,1H3,(H,19,24)/t12-/m1/s1. The largest absolute Gasteiger partial charge is 0.486 e. The normalized spacial score (nSPS) is 13.8. The Bertz CT molecular complexity index is 947. The summed E-state index contributed by atoms with van der Waals surface area (Å²) in [5.41, 5.74) is 1.49. The number of aromatic nitrogens is 4. The van der Waals surface area contributed by atoms with E-state index in [0.29, 0.717) is 35.6 Å². The van der Waals surface area contributed by atoms with Crippen molar-refractivity contribution in [3.8, 4) is 17.2 Å². The van der Waals surface area contributed by atoms with Gasteiger partial charge in [-0.05, 0) is 41.6 Å². The third-order valence-corrected chi connectivity index (χ3v) is 4.94. The summed E-state index contributed by atoms with van der Waals surface area (Å²) in [7, 11) is 0. The number of nitrogens with zero attached hydrogens (tertiary/aromatic N) is 4. The van der Waals surface area contributed by atoms with Crippen LogP contribution in [0.15, 0.2) is 53.7 Å². The molecule has 2 heterocycles. The van der Waals surface area contributed by atoms with Gasteiger partial charge in [0.25, 0.3) is 0 Å². The first-order valence-electron chi connectivity index (χ1n) is 8.42. The predicted octanol–water partition coefficient (Wildman–Crippen LogP) is 2.55. The van der Waals surface area contributed by atoms with Gasteiger partial charge in [-0.15, -0.1) is 5.10 Å². The maximum atomic E-state index is 12.6. The monoisotopic (exact) mass is 383 g/mol. The minimum absolute atomic E-state index is 0.153. The summed E-state index contributed by atoms with van der Waals surface area (Å²) in [4.78, 5) is 12.6. The van der Waals surface area contributed by atoms with E-state index in [0.717, 1.165) is 5.69 Å². The van der Waals surface area contributed by atoms with Crippen LogP contribution < -0.4 is 14.8 Å². The summed E-state index contributed by atoms with van der Waals surface area (Å²) in [6, 6.07) is 14.9. The van der Waals surface area contributed by atoms with Crippen molar-refractivity contribution >= 4 is 23.4 Å². The Labute approximate surface area is 159 Å². The number of tetrazole rings is 1. The second-order valence-corrected chi connectivity index (χ2v) is 7.12. The van der Waals surface area contributed by atoms with Gasteiger partial charge in [0, 0.05) is 11.8 Å². The highest BCUT2D eigenvalue weighted by Gasteiger charge is 2.20. The lowest BCUT2D eigenvalue weighted by atomic mass is 10.2. The van der Waals surface area contributed by atoms with E-state index in [1.165, 1.54) is 11.8 Å². The van der Waals surface area contributed by atoms with E-state index in [-0.39, 0.29) is 5.91 Å². The predicted molar refractivity (Wildman–Crippen MR) is 101 cm³/mol. The second kappa shape index (κ2) is 7.67. The number of carbonyl (C=O) groups excluding carboxylic acids is 1. The first kappa shape index (κ1) is 17.3. The molecule has 1 aliphatic heterocycles. The van der Waals surface area contributed by atoms with Crippen molar-refractivity contribution in [2.45, 2.75) is 17.3 Å². The topological polar surface area (TPSA) is 91.2 Å². The van der Waals surface area contributed by atoms with Gasteiger partial charge in [0.2, 0.25) is 11.1 Å². The molecule has 9 heteroatoms. The van der Waals surface area contributed by atoms with Crippen molar-refractivity contribution in [3.05, 3.63) is 48.5 Å². The molecule has 0 saturated carbocycles. The molecular formula is C18H17N5O3S. The van der Waals surface area contributed by atoms with Crippen molar-refractivity contribution in [2.24, 2.45) is 0 Å². The van der Waals surface area contributed by atoms with Crippen LogP contribution in [0.3, 0.4) is 0 Å². The maximum Gasteiger partial charge on any atom is 0.237 e. The van der Waals surface area contributed by atoms with Crippen LogP contribution in [0.25, 0.3) is 5.69 Å². The quantitative estimate of drug-likeness (QED) is 0.677. The van der Waals surface area contributed by atoms with Crippen LogP contribution in [-0.2, 0) is 4.79 Å². The van der Waals surface area contributed by atoms with Crippen molar-refractivity contribution in [3.63, 3.8) is 0 Å². The molecule has 1 atom stereocenters. The van der Waals surface area contributed by atoms with Gasteiger partial charge in [0.15, 0.2) is 11.5 Å². The number of ether oxygens (including phenoxy) is 2. The number of anilines is 1. The van der Waals surface area contributed by atoms with Gasteiger partial charge in [0.1, 0.15) is 13.2 Å². The number of hydrogen-bond acceptors (Lipinski definition) is 7. The van der Waals surface area contributed by atoms with E-state index >= 15 is 0 Å². The van der Waals surface area contributed by atoms with E-state index in [1.54, 1.807) is 22.9 Å². The van der Waals surface area contributed by atoms with Gasteiger partial charge >= 0.3 is 0 Å². The number of carbonyl (C=O) groups is 1. The van der Waals surface area contributed by atoms with E-state index in [4.69, 9.17) is 9.47 Å². The SMILES string of the molecule is C[C@@H](Sc1nnnn1-c1ccccc1)C(=O)Nc1ccc2c(c1)OCCO2. The Kier molecular flexibility index (Phi) is 4.93. The molecule has 0 fully saturated rings. The Balaban J connectivity index is 1.44. The highest BCUT2D eigenvalue weighted by atomic mass is 32.2. The lowest BCUT2D eigenvalue weighted by molar-refractivity contribution is -0.115. The summed E-state index contributed by atoms with van der Waals surface area (Å²) in [6.45, 7) is 2.84. The molecule has 27 heavy (non-hydrogen) atoms. The summed E-state index contributed by atoms with van der Waals surface area (Å²) < 4.78 is 12.6. The molecule has 0 unspecified atom stereocenters. The first-order chi connectivity index (χ1) is 13.2. The molecule has 0 spiro atoms. The average Bonchev–Trinajstić information content (AvgIpc) is 3.16. The number of benzene rings is 2. The molecule has 0 aliphatic carbocycles. The van der Waals surface area contributed by atoms with E-state index in [9.17, 15) is 4.79 Å². The smallest absolute Gasteiger partial charge is 0.237 e. The zero-order valence-corrected chi connectivity index (χ0v) is 15.3. The summed E-state index contributed by atoms with van der Waals surface area (Å²) in [5, 5.41) is 14.8. The fourth-order valence-corrected chi connectivity index (χ4v) is 3.37. The Morgan fingerprint density at radius 3 is 2.74 bits per heavy atom. The minimum Gasteiger partial charge on any atom is -0.486 e. The second-order valence-electron chi connectivity index (χ2n) is 5.82. The number of nitrogens with one attached hydrogen (secondary N) is 1. The lowest BCUT2D eigenvalue weighted by Crippen LogP contribution is -2.23. The molecule has 3 aromatic rings. The third kappa shape index (κ3) is 3.87. The summed E-state index contributed by atoms with van der Waals surface area (Å²) in [6.07, 6.45) is 0. The van der Waals surface area contributed by atoms with Gasteiger partial charge in [-0.1, -0.05) is 30.0 Å². The van der Waals surface area contributed by atoms with Crippen LogP contribution in [0.5, 0.6) is 11.5 Å². The number of para-hydroxylation sites is 1. The number of fused-ring (bicyclic) bond motifs is 1. The lowest BCUT2D eigenvalue weighted by Gasteiger charge is -2.19. The molecule has 4 rings (SSSR count). The van der Waals surface area contributed by atoms with E-state index in [1.807, 2.05) is 37.3 Å². The van der Waals surface area contributed by atoms with Crippen LogP contribution in [-0.4, -0.2) is 44.6 Å². The zero-order chi connectivity index (χ0) is 18.6. The molecule has 1 amide bonds.